The highest BCUT2D eigenvalue weighted by molar-refractivity contribution is 6.01. The lowest BCUT2D eigenvalue weighted by Crippen LogP contribution is -2.37. The van der Waals surface area contributed by atoms with Crippen molar-refractivity contribution >= 4 is 23.3 Å². The van der Waals surface area contributed by atoms with Crippen LogP contribution in [-0.2, 0) is 6.18 Å². The van der Waals surface area contributed by atoms with Crippen molar-refractivity contribution in [3.63, 3.8) is 0 Å². The monoisotopic (exact) mass is 531 g/mol. The van der Waals surface area contributed by atoms with Crippen LogP contribution >= 0.6 is 0 Å². The molecule has 0 unspecified atom stereocenters. The van der Waals surface area contributed by atoms with Gasteiger partial charge in [-0.2, -0.15) is 17.9 Å². The van der Waals surface area contributed by atoms with Crippen molar-refractivity contribution in [2.45, 2.75) is 6.18 Å². The van der Waals surface area contributed by atoms with E-state index in [1.54, 1.807) is 0 Å². The van der Waals surface area contributed by atoms with Crippen molar-refractivity contribution in [3.8, 4) is 17.2 Å². The van der Waals surface area contributed by atoms with Gasteiger partial charge < -0.3 is 25.9 Å². The third-order valence-electron chi connectivity index (χ3n) is 5.04. The molecule has 0 saturated carbocycles. The third kappa shape index (κ3) is 5.77. The van der Waals surface area contributed by atoms with Crippen LogP contribution in [0.3, 0.4) is 0 Å². The predicted octanol–water partition coefficient (Wildman–Crippen LogP) is 3.85. The number of anilines is 2. The molecule has 0 radical (unpaired) electrons. The number of carbonyl (C=O) groups excluding carboxylic acids is 2. The Kier molecular flexibility index (Phi) is 7.09. The number of hydrogen-bond donors (Lipinski definition) is 3. The third-order valence-corrected chi connectivity index (χ3v) is 5.04. The van der Waals surface area contributed by atoms with Gasteiger partial charge in [-0.25, -0.2) is 9.18 Å². The molecule has 0 fully saturated rings. The average Bonchev–Trinajstić information content (AvgIpc) is 3.40. The molecule has 0 aliphatic heterocycles. The molecule has 0 spiro atoms. The minimum absolute atomic E-state index is 0.0206. The second kappa shape index (κ2) is 10.4. The molecule has 0 bridgehead atoms. The van der Waals surface area contributed by atoms with E-state index in [0.29, 0.717) is 4.73 Å². The standard InChI is InChI=1S/C23H17F4N7O4/c1-28-21(35)20-10-15(6-7-34(20)37)38-14-3-4-17(16(24)9-14)31-22(36)32-18-8-13(23(25,26)27)2-5-19(18)33-11-29-30-12-33/h2-12H,1H3,(H,28,35)(H2,31,32,36). The van der Waals surface area contributed by atoms with E-state index in [4.69, 9.17) is 4.74 Å². The number of hydrogen-bond acceptors (Lipinski definition) is 6. The van der Waals surface area contributed by atoms with E-state index < -0.39 is 29.5 Å². The number of pyridine rings is 1. The van der Waals surface area contributed by atoms with Gasteiger partial charge in [0.25, 0.3) is 5.69 Å². The molecule has 0 atom stereocenters. The summed E-state index contributed by atoms with van der Waals surface area (Å²) in [6.07, 6.45) is -1.18. The van der Waals surface area contributed by atoms with E-state index >= 15 is 0 Å². The summed E-state index contributed by atoms with van der Waals surface area (Å²) in [4.78, 5) is 24.3. The maximum absolute atomic E-state index is 14.7. The van der Waals surface area contributed by atoms with Gasteiger partial charge >= 0.3 is 18.1 Å². The lowest BCUT2D eigenvalue weighted by atomic mass is 10.1. The topological polar surface area (TPSA) is 137 Å². The van der Waals surface area contributed by atoms with Crippen LogP contribution < -0.4 is 25.4 Å². The molecule has 0 aliphatic rings. The first-order valence-corrected chi connectivity index (χ1v) is 10.6. The fourth-order valence-electron chi connectivity index (χ4n) is 3.26. The predicted molar refractivity (Wildman–Crippen MR) is 124 cm³/mol. The van der Waals surface area contributed by atoms with Crippen LogP contribution in [0.1, 0.15) is 16.1 Å². The molecule has 2 aromatic carbocycles. The number of urea groups is 1. The zero-order valence-corrected chi connectivity index (χ0v) is 19.3. The van der Waals surface area contributed by atoms with Crippen LogP contribution in [0.4, 0.5) is 33.7 Å². The van der Waals surface area contributed by atoms with Crippen molar-refractivity contribution in [2.24, 2.45) is 0 Å². The number of ether oxygens (including phenoxy) is 1. The Labute approximate surface area is 211 Å². The fraction of sp³-hybridized carbons (Fsp3) is 0.0870. The SMILES string of the molecule is CNC(=O)c1cc(Oc2ccc(NC(=O)Nc3cc(C(F)(F)F)ccc3-n3cnnc3)c(F)c2)cc[n+]1[O-]. The van der Waals surface area contributed by atoms with Crippen LogP contribution in [0, 0.1) is 11.0 Å². The van der Waals surface area contributed by atoms with Crippen molar-refractivity contribution in [1.29, 1.82) is 0 Å². The normalized spacial score (nSPS) is 11.1. The first kappa shape index (κ1) is 25.9. The van der Waals surface area contributed by atoms with E-state index in [0.717, 1.165) is 42.6 Å². The van der Waals surface area contributed by atoms with Crippen LogP contribution in [0.5, 0.6) is 11.5 Å². The van der Waals surface area contributed by atoms with Crippen molar-refractivity contribution in [1.82, 2.24) is 20.1 Å². The number of rotatable bonds is 6. The van der Waals surface area contributed by atoms with E-state index in [-0.39, 0.29) is 34.3 Å². The molecule has 4 rings (SSSR count). The molecular formula is C23H17F4N7O4. The first-order chi connectivity index (χ1) is 18.0. The summed E-state index contributed by atoms with van der Waals surface area (Å²) < 4.78 is 61.4. The summed E-state index contributed by atoms with van der Waals surface area (Å²) in [5, 5.41) is 25.7. The Balaban J connectivity index is 1.51. The maximum atomic E-state index is 14.7. The number of halogens is 4. The molecule has 11 nitrogen and oxygen atoms in total. The molecule has 2 aromatic heterocycles. The van der Waals surface area contributed by atoms with Gasteiger partial charge in [-0.05, 0) is 30.3 Å². The van der Waals surface area contributed by atoms with Gasteiger partial charge in [0.2, 0.25) is 0 Å². The highest BCUT2D eigenvalue weighted by Gasteiger charge is 2.31. The Bertz CT molecular complexity index is 1490. The molecule has 0 saturated heterocycles. The Hall–Kier alpha value is -5.21. The Morgan fingerprint density at radius 3 is 2.32 bits per heavy atom. The number of aromatic nitrogens is 4. The van der Waals surface area contributed by atoms with Crippen LogP contribution in [-0.4, -0.2) is 33.8 Å². The van der Waals surface area contributed by atoms with Crippen molar-refractivity contribution in [2.75, 3.05) is 17.7 Å². The minimum atomic E-state index is -4.67. The summed E-state index contributed by atoms with van der Waals surface area (Å²) in [5.41, 5.74) is -1.66. The summed E-state index contributed by atoms with van der Waals surface area (Å²) >= 11 is 0. The van der Waals surface area contributed by atoms with Gasteiger partial charge in [0.05, 0.1) is 28.7 Å². The molecule has 3 amide bonds. The van der Waals surface area contributed by atoms with E-state index in [1.165, 1.54) is 36.4 Å². The quantitative estimate of drug-likeness (QED) is 0.196. The van der Waals surface area contributed by atoms with Crippen molar-refractivity contribution in [3.05, 3.63) is 89.7 Å². The highest BCUT2D eigenvalue weighted by Crippen LogP contribution is 2.33. The summed E-state index contributed by atoms with van der Waals surface area (Å²) in [5.74, 6) is -1.54. The number of nitrogens with one attached hydrogen (secondary N) is 3. The highest BCUT2D eigenvalue weighted by atomic mass is 19.4. The maximum Gasteiger partial charge on any atom is 0.416 e. The van der Waals surface area contributed by atoms with Crippen LogP contribution in [0.15, 0.2) is 67.4 Å². The summed E-state index contributed by atoms with van der Waals surface area (Å²) in [6.45, 7) is 0. The number of nitrogens with zero attached hydrogens (tertiary/aromatic N) is 4. The van der Waals surface area contributed by atoms with Gasteiger partial charge in [0, 0.05) is 19.2 Å². The van der Waals surface area contributed by atoms with Gasteiger partial charge in [-0.15, -0.1) is 10.2 Å². The van der Waals surface area contributed by atoms with Gasteiger partial charge in [-0.1, -0.05) is 0 Å². The minimum Gasteiger partial charge on any atom is -0.618 e. The summed E-state index contributed by atoms with van der Waals surface area (Å²) in [7, 11) is 1.34. The lowest BCUT2D eigenvalue weighted by Gasteiger charge is -2.15. The number of benzene rings is 2. The molecule has 3 N–H and O–H groups in total. The molecule has 0 aliphatic carbocycles. The van der Waals surface area contributed by atoms with Gasteiger partial charge in [0.1, 0.15) is 30.0 Å². The second-order valence-electron chi connectivity index (χ2n) is 7.57. The molecule has 196 valence electrons. The molecule has 2 heterocycles. The summed E-state index contributed by atoms with van der Waals surface area (Å²) in [6, 6.07) is 7.47. The smallest absolute Gasteiger partial charge is 0.416 e. The van der Waals surface area contributed by atoms with Gasteiger partial charge in [-0.3, -0.25) is 9.36 Å². The first-order valence-electron chi connectivity index (χ1n) is 10.6. The zero-order chi connectivity index (χ0) is 27.4. The molecule has 15 heteroatoms. The van der Waals surface area contributed by atoms with Gasteiger partial charge in [0.15, 0.2) is 6.20 Å². The number of amides is 3. The number of alkyl halides is 3. The van der Waals surface area contributed by atoms with Crippen LogP contribution in [0.25, 0.3) is 5.69 Å². The van der Waals surface area contributed by atoms with Crippen molar-refractivity contribution < 1.29 is 36.6 Å². The van der Waals surface area contributed by atoms with Crippen LogP contribution in [0.2, 0.25) is 0 Å². The molecule has 4 aromatic rings. The fourth-order valence-corrected chi connectivity index (χ4v) is 3.26. The lowest BCUT2D eigenvalue weighted by molar-refractivity contribution is -0.607. The Morgan fingerprint density at radius 1 is 0.974 bits per heavy atom. The zero-order valence-electron chi connectivity index (χ0n) is 19.3. The molecular weight excluding hydrogens is 514 g/mol. The second-order valence-corrected chi connectivity index (χ2v) is 7.57. The van der Waals surface area contributed by atoms with E-state index in [1.807, 2.05) is 0 Å². The largest absolute Gasteiger partial charge is 0.618 e. The Morgan fingerprint density at radius 2 is 1.66 bits per heavy atom. The van der Waals surface area contributed by atoms with E-state index in [2.05, 4.69) is 26.1 Å². The average molecular weight is 531 g/mol. The molecule has 38 heavy (non-hydrogen) atoms. The number of carbonyl (C=O) groups is 2. The van der Waals surface area contributed by atoms with E-state index in [9.17, 15) is 32.4 Å².